The fourth-order valence-corrected chi connectivity index (χ4v) is 1.91. The molecule has 17 heavy (non-hydrogen) atoms. The van der Waals surface area contributed by atoms with E-state index in [1.54, 1.807) is 6.92 Å². The molecule has 1 amide bonds. The number of aromatic nitrogens is 2. The van der Waals surface area contributed by atoms with Gasteiger partial charge in [-0.25, -0.2) is 0 Å². The molecule has 0 aliphatic carbocycles. The third kappa shape index (κ3) is 3.77. The summed E-state index contributed by atoms with van der Waals surface area (Å²) < 4.78 is 8.45. The first kappa shape index (κ1) is 13.6. The highest BCUT2D eigenvalue weighted by Crippen LogP contribution is 2.19. The Morgan fingerprint density at radius 3 is 2.76 bits per heavy atom. The number of esters is 1. The van der Waals surface area contributed by atoms with Gasteiger partial charge in [0.25, 0.3) is 5.91 Å². The molecule has 0 bridgehead atoms. The molecule has 7 heteroatoms. The van der Waals surface area contributed by atoms with Crippen LogP contribution in [0.5, 0.6) is 0 Å². The molecule has 0 spiro atoms. The van der Waals surface area contributed by atoms with E-state index in [2.05, 4.69) is 14.9 Å². The summed E-state index contributed by atoms with van der Waals surface area (Å²) >= 11 is 1.03. The second-order valence-electron chi connectivity index (χ2n) is 3.63. The number of amides is 1. The number of rotatable bonds is 5. The van der Waals surface area contributed by atoms with Crippen LogP contribution in [0.2, 0.25) is 0 Å². The Balaban J connectivity index is 2.58. The number of nitrogens with zero attached hydrogens (tertiary/aromatic N) is 2. The Kier molecular flexibility index (Phi) is 5.02. The zero-order chi connectivity index (χ0) is 12.8. The van der Waals surface area contributed by atoms with E-state index in [9.17, 15) is 9.59 Å². The van der Waals surface area contributed by atoms with Crippen LogP contribution in [0.25, 0.3) is 0 Å². The molecule has 0 aromatic carbocycles. The van der Waals surface area contributed by atoms with Gasteiger partial charge >= 0.3 is 5.97 Å². The van der Waals surface area contributed by atoms with Crippen molar-refractivity contribution in [3.8, 4) is 0 Å². The van der Waals surface area contributed by atoms with E-state index in [0.717, 1.165) is 11.5 Å². The number of hydrogen-bond donors (Lipinski definition) is 1. The van der Waals surface area contributed by atoms with Gasteiger partial charge in [0.2, 0.25) is 0 Å². The fourth-order valence-electron chi connectivity index (χ4n) is 1.18. The van der Waals surface area contributed by atoms with Crippen LogP contribution in [0.15, 0.2) is 0 Å². The van der Waals surface area contributed by atoms with E-state index in [1.165, 1.54) is 0 Å². The maximum absolute atomic E-state index is 11.8. The van der Waals surface area contributed by atoms with Gasteiger partial charge in [-0.1, -0.05) is 18.3 Å². The summed E-state index contributed by atoms with van der Waals surface area (Å²) in [6.07, 6.45) is 0. The molecule has 6 nitrogen and oxygen atoms in total. The average molecular weight is 257 g/mol. The van der Waals surface area contributed by atoms with Crippen LogP contribution in [0.1, 0.15) is 42.1 Å². The van der Waals surface area contributed by atoms with Gasteiger partial charge in [0, 0.05) is 0 Å². The van der Waals surface area contributed by atoms with Crippen LogP contribution >= 0.6 is 11.5 Å². The quantitative estimate of drug-likeness (QED) is 0.794. The molecule has 1 heterocycles. The van der Waals surface area contributed by atoms with Crippen molar-refractivity contribution in [1.82, 2.24) is 14.9 Å². The molecule has 0 fully saturated rings. The first-order valence-corrected chi connectivity index (χ1v) is 6.09. The number of carbonyl (C=O) groups is 2. The van der Waals surface area contributed by atoms with Gasteiger partial charge < -0.3 is 10.1 Å². The lowest BCUT2D eigenvalue weighted by atomic mass is 10.1. The fraction of sp³-hybridized carbons (Fsp3) is 0.600. The van der Waals surface area contributed by atoms with Crippen LogP contribution in [-0.2, 0) is 9.53 Å². The average Bonchev–Trinajstić information content (AvgIpc) is 2.75. The molecule has 0 saturated heterocycles. The second-order valence-corrected chi connectivity index (χ2v) is 4.38. The Morgan fingerprint density at radius 1 is 1.47 bits per heavy atom. The summed E-state index contributed by atoms with van der Waals surface area (Å²) in [5, 5.41) is 6.37. The number of nitrogens with one attached hydrogen (secondary N) is 1. The monoisotopic (exact) mass is 257 g/mol. The lowest BCUT2D eigenvalue weighted by Crippen LogP contribution is -2.30. The molecule has 94 valence electrons. The minimum Gasteiger partial charge on any atom is -0.465 e. The molecule has 1 rings (SSSR count). The van der Waals surface area contributed by atoms with E-state index >= 15 is 0 Å². The second kappa shape index (κ2) is 6.29. The van der Waals surface area contributed by atoms with E-state index in [1.807, 2.05) is 13.8 Å². The maximum Gasteiger partial charge on any atom is 0.325 e. The Bertz CT molecular complexity index is 403. The molecule has 1 aromatic rings. The highest BCUT2D eigenvalue weighted by Gasteiger charge is 2.19. The van der Waals surface area contributed by atoms with E-state index in [0.29, 0.717) is 17.2 Å². The summed E-state index contributed by atoms with van der Waals surface area (Å²) in [6, 6.07) is 0. The SMILES string of the molecule is CCOC(=O)CNC(=O)c1snnc1C(C)C. The zero-order valence-corrected chi connectivity index (χ0v) is 10.8. The minimum absolute atomic E-state index is 0.122. The van der Waals surface area contributed by atoms with Crippen LogP contribution in [0, 0.1) is 0 Å². The third-order valence-corrected chi connectivity index (χ3v) is 2.71. The van der Waals surface area contributed by atoms with Crippen LogP contribution in [0.3, 0.4) is 0 Å². The Labute approximate surface area is 104 Å². The molecule has 1 N–H and O–H groups in total. The highest BCUT2D eigenvalue weighted by atomic mass is 32.1. The lowest BCUT2D eigenvalue weighted by molar-refractivity contribution is -0.141. The minimum atomic E-state index is -0.454. The Morgan fingerprint density at radius 2 is 2.18 bits per heavy atom. The molecule has 1 aromatic heterocycles. The predicted octanol–water partition coefficient (Wildman–Crippen LogP) is 0.954. The molecule has 0 unspecified atom stereocenters. The smallest absolute Gasteiger partial charge is 0.325 e. The molecule has 0 radical (unpaired) electrons. The normalized spacial score (nSPS) is 10.4. The van der Waals surface area contributed by atoms with Crippen molar-refractivity contribution in [3.05, 3.63) is 10.6 Å². The van der Waals surface area contributed by atoms with Crippen molar-refractivity contribution in [2.75, 3.05) is 13.2 Å². The van der Waals surface area contributed by atoms with Crippen LogP contribution in [0.4, 0.5) is 0 Å². The van der Waals surface area contributed by atoms with Gasteiger partial charge in [-0.3, -0.25) is 9.59 Å². The van der Waals surface area contributed by atoms with Gasteiger partial charge in [-0.2, -0.15) is 0 Å². The molecule has 0 aliphatic rings. The van der Waals surface area contributed by atoms with Crippen LogP contribution in [-0.4, -0.2) is 34.6 Å². The first-order valence-electron chi connectivity index (χ1n) is 5.32. The van der Waals surface area contributed by atoms with Gasteiger partial charge in [0.1, 0.15) is 11.4 Å². The molecule has 0 aliphatic heterocycles. The number of carbonyl (C=O) groups excluding carboxylic acids is 2. The van der Waals surface area contributed by atoms with Crippen molar-refractivity contribution in [2.24, 2.45) is 0 Å². The van der Waals surface area contributed by atoms with Crippen molar-refractivity contribution in [2.45, 2.75) is 26.7 Å². The lowest BCUT2D eigenvalue weighted by Gasteiger charge is -2.05. The van der Waals surface area contributed by atoms with Gasteiger partial charge in [0.05, 0.1) is 12.3 Å². The van der Waals surface area contributed by atoms with Crippen molar-refractivity contribution >= 4 is 23.4 Å². The van der Waals surface area contributed by atoms with E-state index < -0.39 is 5.97 Å². The number of hydrogen-bond acceptors (Lipinski definition) is 6. The molecule has 0 atom stereocenters. The summed E-state index contributed by atoms with van der Waals surface area (Å²) in [7, 11) is 0. The predicted molar refractivity (Wildman–Crippen MR) is 63.0 cm³/mol. The topological polar surface area (TPSA) is 81.2 Å². The van der Waals surface area contributed by atoms with Crippen molar-refractivity contribution in [1.29, 1.82) is 0 Å². The third-order valence-electron chi connectivity index (χ3n) is 1.97. The highest BCUT2D eigenvalue weighted by molar-refractivity contribution is 7.08. The van der Waals surface area contributed by atoms with Gasteiger partial charge in [0.15, 0.2) is 0 Å². The number of ether oxygens (including phenoxy) is 1. The van der Waals surface area contributed by atoms with E-state index in [-0.39, 0.29) is 18.4 Å². The Hall–Kier alpha value is -1.50. The summed E-state index contributed by atoms with van der Waals surface area (Å²) in [5.41, 5.74) is 0.649. The van der Waals surface area contributed by atoms with E-state index in [4.69, 9.17) is 4.74 Å². The summed E-state index contributed by atoms with van der Waals surface area (Å²) in [6.45, 7) is 5.73. The standard InChI is InChI=1S/C10H15N3O3S/c1-4-16-7(14)5-11-10(15)9-8(6(2)3)12-13-17-9/h6H,4-5H2,1-3H3,(H,11,15). The maximum atomic E-state index is 11.8. The largest absolute Gasteiger partial charge is 0.465 e. The van der Waals surface area contributed by atoms with Gasteiger partial charge in [-0.15, -0.1) is 5.10 Å². The van der Waals surface area contributed by atoms with Crippen LogP contribution < -0.4 is 5.32 Å². The van der Waals surface area contributed by atoms with Crippen molar-refractivity contribution in [3.63, 3.8) is 0 Å². The first-order chi connectivity index (χ1) is 8.06. The summed E-state index contributed by atoms with van der Waals surface area (Å²) in [4.78, 5) is 23.3. The molecular weight excluding hydrogens is 242 g/mol. The van der Waals surface area contributed by atoms with Crippen molar-refractivity contribution < 1.29 is 14.3 Å². The molecular formula is C10H15N3O3S. The molecule has 0 saturated carbocycles. The van der Waals surface area contributed by atoms with Gasteiger partial charge in [-0.05, 0) is 24.4 Å². The summed E-state index contributed by atoms with van der Waals surface area (Å²) in [5.74, 6) is -0.668. The zero-order valence-electron chi connectivity index (χ0n) is 10.0.